The summed E-state index contributed by atoms with van der Waals surface area (Å²) in [5.41, 5.74) is 0. The number of rotatable bonds is 2. The molecule has 0 unspecified atom stereocenters. The van der Waals surface area contributed by atoms with Crippen LogP contribution >= 0.6 is 0 Å². The van der Waals surface area contributed by atoms with Crippen LogP contribution in [0.25, 0.3) is 0 Å². The van der Waals surface area contributed by atoms with E-state index in [4.69, 9.17) is 0 Å². The molecule has 0 spiro atoms. The van der Waals surface area contributed by atoms with Gasteiger partial charge in [-0.25, -0.2) is 0 Å². The Labute approximate surface area is 67.0 Å². The van der Waals surface area contributed by atoms with Crippen LogP contribution < -0.4 is 0 Å². The fourth-order valence-electron chi connectivity index (χ4n) is 0.816. The van der Waals surface area contributed by atoms with Crippen molar-refractivity contribution in [1.82, 2.24) is 0 Å². The highest BCUT2D eigenvalue weighted by Crippen LogP contribution is 2.37. The van der Waals surface area contributed by atoms with Gasteiger partial charge in [-0.15, -0.1) is 0 Å². The minimum atomic E-state index is -1.03. The van der Waals surface area contributed by atoms with Gasteiger partial charge >= 0.3 is 0 Å². The summed E-state index contributed by atoms with van der Waals surface area (Å²) in [6.07, 6.45) is 1.23. The fourth-order valence-corrected chi connectivity index (χ4v) is 2.45. The first-order valence-electron chi connectivity index (χ1n) is 4.15. The molecule has 0 N–H and O–H groups in total. The zero-order valence-electron chi connectivity index (χ0n) is 8.28. The van der Waals surface area contributed by atoms with Gasteiger partial charge in [-0.2, -0.15) is 0 Å². The Morgan fingerprint density at radius 3 is 1.70 bits per heavy atom. The molecule has 0 aliphatic rings. The normalized spacial score (nSPS) is 13.8. The zero-order chi connectivity index (χ0) is 8.41. The summed E-state index contributed by atoms with van der Waals surface area (Å²) in [7, 11) is -1.03. The summed E-state index contributed by atoms with van der Waals surface area (Å²) >= 11 is 0. The minimum absolute atomic E-state index is 0.531. The predicted octanol–water partition coefficient (Wildman–Crippen LogP) is 3.65. The Morgan fingerprint density at radius 2 is 1.60 bits per heavy atom. The van der Waals surface area contributed by atoms with Gasteiger partial charge < -0.3 is 0 Å². The molecule has 0 aromatic rings. The maximum Gasteiger partial charge on any atom is 0.0558 e. The largest absolute Gasteiger partial charge is 0.0688 e. The summed E-state index contributed by atoms with van der Waals surface area (Å²) in [5, 5.41) is 0.531. The Morgan fingerprint density at radius 1 is 1.20 bits per heavy atom. The molecule has 0 fully saturated rings. The maximum atomic E-state index is 2.53. The van der Waals surface area contributed by atoms with Crippen LogP contribution in [0.2, 0.25) is 18.1 Å². The smallest absolute Gasteiger partial charge is 0.0558 e. The third-order valence-electron chi connectivity index (χ3n) is 2.65. The standard InChI is InChI=1S/C9H21Si/c1-7-8-10(5,6)9(2,3)4/h8H,7H2,1-6H3. The third-order valence-corrected chi connectivity index (χ3v) is 7.94. The van der Waals surface area contributed by atoms with Gasteiger partial charge in [0.05, 0.1) is 8.07 Å². The van der Waals surface area contributed by atoms with E-state index in [-0.39, 0.29) is 0 Å². The van der Waals surface area contributed by atoms with Crippen LogP contribution in [0.5, 0.6) is 0 Å². The molecule has 0 saturated heterocycles. The lowest BCUT2D eigenvalue weighted by Gasteiger charge is -2.36. The second-order valence-electron chi connectivity index (χ2n) is 4.58. The molecule has 0 rings (SSSR count). The van der Waals surface area contributed by atoms with Gasteiger partial charge in [0.15, 0.2) is 0 Å². The SMILES string of the molecule is CC[CH][Si](C)(C)C(C)(C)C. The summed E-state index contributed by atoms with van der Waals surface area (Å²) in [4.78, 5) is 0. The molecule has 0 saturated carbocycles. The van der Waals surface area contributed by atoms with Crippen LogP contribution in [0.15, 0.2) is 0 Å². The first-order chi connectivity index (χ1) is 4.31. The van der Waals surface area contributed by atoms with Gasteiger partial charge in [0.1, 0.15) is 0 Å². The molecule has 1 radical (unpaired) electrons. The molecule has 0 aromatic carbocycles. The molecule has 0 heterocycles. The van der Waals surface area contributed by atoms with Crippen LogP contribution in [-0.2, 0) is 0 Å². The molecule has 0 aromatic heterocycles. The molecule has 0 amide bonds. The van der Waals surface area contributed by atoms with Crippen LogP contribution in [0.1, 0.15) is 34.1 Å². The van der Waals surface area contributed by atoms with E-state index < -0.39 is 8.07 Å². The minimum Gasteiger partial charge on any atom is -0.0688 e. The summed E-state index contributed by atoms with van der Waals surface area (Å²) < 4.78 is 0. The van der Waals surface area contributed by atoms with Crippen molar-refractivity contribution in [2.45, 2.75) is 52.2 Å². The molecule has 10 heavy (non-hydrogen) atoms. The van der Waals surface area contributed by atoms with Crippen molar-refractivity contribution in [2.75, 3.05) is 0 Å². The maximum absolute atomic E-state index is 2.53. The molecular formula is C9H21Si. The highest BCUT2D eigenvalue weighted by atomic mass is 28.3. The molecule has 61 valence electrons. The Bertz CT molecular complexity index is 97.8. The average molecular weight is 157 g/mol. The van der Waals surface area contributed by atoms with Gasteiger partial charge in [0.25, 0.3) is 0 Å². The first-order valence-corrected chi connectivity index (χ1v) is 7.23. The zero-order valence-corrected chi connectivity index (χ0v) is 9.28. The summed E-state index contributed by atoms with van der Waals surface area (Å²) in [6.45, 7) is 14.2. The van der Waals surface area contributed by atoms with Gasteiger partial charge in [0, 0.05) is 0 Å². The van der Waals surface area contributed by atoms with Crippen molar-refractivity contribution in [3.05, 3.63) is 6.04 Å². The predicted molar refractivity (Wildman–Crippen MR) is 51.8 cm³/mol. The molecular weight excluding hydrogens is 136 g/mol. The Hall–Kier alpha value is 0.217. The van der Waals surface area contributed by atoms with E-state index in [2.05, 4.69) is 46.8 Å². The lowest BCUT2D eigenvalue weighted by molar-refractivity contribution is 0.721. The molecule has 0 aliphatic heterocycles. The van der Waals surface area contributed by atoms with E-state index in [0.717, 1.165) is 0 Å². The Balaban J connectivity index is 4.10. The van der Waals surface area contributed by atoms with Crippen molar-refractivity contribution in [2.24, 2.45) is 0 Å². The molecule has 0 atom stereocenters. The van der Waals surface area contributed by atoms with Crippen molar-refractivity contribution in [3.63, 3.8) is 0 Å². The van der Waals surface area contributed by atoms with Gasteiger partial charge in [-0.3, -0.25) is 0 Å². The Kier molecular flexibility index (Phi) is 3.15. The monoisotopic (exact) mass is 157 g/mol. The molecule has 0 bridgehead atoms. The lowest BCUT2D eigenvalue weighted by Crippen LogP contribution is -2.37. The van der Waals surface area contributed by atoms with E-state index in [9.17, 15) is 0 Å². The topological polar surface area (TPSA) is 0 Å². The van der Waals surface area contributed by atoms with Gasteiger partial charge in [-0.1, -0.05) is 47.2 Å². The quantitative estimate of drug-likeness (QED) is 0.537. The molecule has 0 nitrogen and oxygen atoms in total. The van der Waals surface area contributed by atoms with Crippen LogP contribution in [0.4, 0.5) is 0 Å². The first kappa shape index (κ1) is 10.2. The van der Waals surface area contributed by atoms with E-state index in [0.29, 0.717) is 5.04 Å². The fraction of sp³-hybridized carbons (Fsp3) is 0.889. The molecule has 1 heteroatoms. The van der Waals surface area contributed by atoms with E-state index in [1.54, 1.807) is 0 Å². The van der Waals surface area contributed by atoms with Crippen molar-refractivity contribution in [3.8, 4) is 0 Å². The van der Waals surface area contributed by atoms with Gasteiger partial charge in [-0.05, 0) is 11.1 Å². The molecule has 0 aliphatic carbocycles. The number of hydrogen-bond donors (Lipinski definition) is 0. The van der Waals surface area contributed by atoms with Crippen LogP contribution in [0.3, 0.4) is 0 Å². The average Bonchev–Trinajstić information content (AvgIpc) is 1.61. The van der Waals surface area contributed by atoms with Crippen molar-refractivity contribution < 1.29 is 0 Å². The van der Waals surface area contributed by atoms with Crippen molar-refractivity contribution in [1.29, 1.82) is 0 Å². The van der Waals surface area contributed by atoms with Crippen LogP contribution in [-0.4, -0.2) is 8.07 Å². The van der Waals surface area contributed by atoms with E-state index in [1.165, 1.54) is 6.42 Å². The summed E-state index contributed by atoms with van der Waals surface area (Å²) in [6, 6.07) is 2.53. The van der Waals surface area contributed by atoms with E-state index >= 15 is 0 Å². The highest BCUT2D eigenvalue weighted by Gasteiger charge is 2.33. The second-order valence-corrected chi connectivity index (χ2v) is 9.94. The summed E-state index contributed by atoms with van der Waals surface area (Å²) in [5.74, 6) is 0. The van der Waals surface area contributed by atoms with E-state index in [1.807, 2.05) is 0 Å². The second kappa shape index (κ2) is 3.08. The lowest BCUT2D eigenvalue weighted by atomic mass is 10.2. The third kappa shape index (κ3) is 2.45. The van der Waals surface area contributed by atoms with Gasteiger partial charge in [0.2, 0.25) is 0 Å². The number of hydrogen-bond acceptors (Lipinski definition) is 0. The van der Waals surface area contributed by atoms with Crippen LogP contribution in [0, 0.1) is 6.04 Å². The van der Waals surface area contributed by atoms with Crippen molar-refractivity contribution >= 4 is 8.07 Å². The highest BCUT2D eigenvalue weighted by molar-refractivity contribution is 6.83.